The summed E-state index contributed by atoms with van der Waals surface area (Å²) in [7, 11) is 1.61. The van der Waals surface area contributed by atoms with Crippen LogP contribution in [0.3, 0.4) is 0 Å². The third-order valence-corrected chi connectivity index (χ3v) is 5.56. The molecule has 0 bridgehead atoms. The molecule has 0 radical (unpaired) electrons. The summed E-state index contributed by atoms with van der Waals surface area (Å²) in [5.74, 6) is 0.230. The highest BCUT2D eigenvalue weighted by Crippen LogP contribution is 2.36. The average Bonchev–Trinajstić information content (AvgIpc) is 3.30. The van der Waals surface area contributed by atoms with Gasteiger partial charge in [0.25, 0.3) is 5.91 Å². The van der Waals surface area contributed by atoms with Gasteiger partial charge in [-0.1, -0.05) is 23.7 Å². The van der Waals surface area contributed by atoms with E-state index < -0.39 is 0 Å². The normalized spacial score (nSPS) is 13.2. The number of benzene rings is 1. The number of fused-ring (bicyclic) bond motifs is 2. The molecule has 8 heteroatoms. The Hall–Kier alpha value is -3.45. The van der Waals surface area contributed by atoms with E-state index in [1.807, 2.05) is 24.3 Å². The number of carbonyl (C=O) groups is 1. The van der Waals surface area contributed by atoms with Crippen molar-refractivity contribution in [2.45, 2.75) is 13.1 Å². The van der Waals surface area contributed by atoms with Crippen molar-refractivity contribution in [3.8, 4) is 17.0 Å². The van der Waals surface area contributed by atoms with Gasteiger partial charge in [-0.3, -0.25) is 9.20 Å². The van der Waals surface area contributed by atoms with E-state index in [-0.39, 0.29) is 16.9 Å². The summed E-state index contributed by atoms with van der Waals surface area (Å²) in [6.07, 6.45) is 4.90. The third kappa shape index (κ3) is 2.98. The first-order chi connectivity index (χ1) is 14.5. The van der Waals surface area contributed by atoms with Gasteiger partial charge >= 0.3 is 0 Å². The molecule has 5 rings (SSSR count). The van der Waals surface area contributed by atoms with Crippen LogP contribution in [0.1, 0.15) is 21.5 Å². The number of amides is 1. The molecule has 0 atom stereocenters. The average molecular weight is 423 g/mol. The second-order valence-electron chi connectivity index (χ2n) is 7.04. The number of halogens is 2. The van der Waals surface area contributed by atoms with Gasteiger partial charge in [0.1, 0.15) is 22.4 Å². The van der Waals surface area contributed by atoms with Crippen LogP contribution < -0.4 is 4.74 Å². The molecule has 30 heavy (non-hydrogen) atoms. The highest BCUT2D eigenvalue weighted by atomic mass is 35.5. The molecule has 4 aromatic rings. The molecule has 4 heterocycles. The van der Waals surface area contributed by atoms with Gasteiger partial charge in [-0.05, 0) is 29.3 Å². The number of pyridine rings is 2. The molecule has 6 nitrogen and oxygen atoms in total. The van der Waals surface area contributed by atoms with Crippen LogP contribution in [-0.4, -0.2) is 32.3 Å². The molecular formula is C22H16ClFN4O2. The fourth-order valence-corrected chi connectivity index (χ4v) is 4.02. The summed E-state index contributed by atoms with van der Waals surface area (Å²) < 4.78 is 20.5. The van der Waals surface area contributed by atoms with Gasteiger partial charge in [0.05, 0.1) is 24.6 Å². The van der Waals surface area contributed by atoms with E-state index in [0.29, 0.717) is 24.3 Å². The van der Waals surface area contributed by atoms with E-state index in [4.69, 9.17) is 16.3 Å². The van der Waals surface area contributed by atoms with E-state index in [9.17, 15) is 9.18 Å². The van der Waals surface area contributed by atoms with Crippen LogP contribution >= 0.6 is 11.6 Å². The van der Waals surface area contributed by atoms with Crippen molar-refractivity contribution in [1.82, 2.24) is 19.3 Å². The van der Waals surface area contributed by atoms with Gasteiger partial charge in [-0.2, -0.15) is 0 Å². The summed E-state index contributed by atoms with van der Waals surface area (Å²) in [5.41, 5.74) is 4.13. The van der Waals surface area contributed by atoms with Crippen molar-refractivity contribution >= 4 is 23.2 Å². The molecular weight excluding hydrogens is 407 g/mol. The number of ether oxygens (including phenoxy) is 1. The molecule has 0 aliphatic carbocycles. The minimum atomic E-state index is -0.361. The fourth-order valence-electron chi connectivity index (χ4n) is 3.78. The van der Waals surface area contributed by atoms with Gasteiger partial charge in [-0.25, -0.2) is 14.4 Å². The number of aromatic nitrogens is 3. The van der Waals surface area contributed by atoms with E-state index >= 15 is 0 Å². The predicted molar refractivity (Wildman–Crippen MR) is 110 cm³/mol. The monoisotopic (exact) mass is 422 g/mol. The maximum atomic E-state index is 13.5. The zero-order valence-corrected chi connectivity index (χ0v) is 16.7. The van der Waals surface area contributed by atoms with Crippen LogP contribution in [0, 0.1) is 5.82 Å². The Bertz CT molecular complexity index is 1290. The van der Waals surface area contributed by atoms with Crippen molar-refractivity contribution < 1.29 is 13.9 Å². The molecule has 0 unspecified atom stereocenters. The van der Waals surface area contributed by atoms with Crippen molar-refractivity contribution in [3.63, 3.8) is 0 Å². The minimum absolute atomic E-state index is 0.167. The van der Waals surface area contributed by atoms with Crippen LogP contribution in [0.2, 0.25) is 5.15 Å². The standard InChI is InChI=1S/C22H16ClFN4O2/c1-30-15-4-2-13(3-5-15)11-27-12-17-16(9-26-21(23)20(17)22(27)29)18-10-25-19-8-14(24)6-7-28(18)19/h2-10H,11-12H2,1H3. The first-order valence-corrected chi connectivity index (χ1v) is 9.65. The third-order valence-electron chi connectivity index (χ3n) is 5.27. The van der Waals surface area contributed by atoms with Crippen LogP contribution in [0.15, 0.2) is 55.0 Å². The summed E-state index contributed by atoms with van der Waals surface area (Å²) in [6.45, 7) is 0.831. The Morgan fingerprint density at radius 3 is 2.73 bits per heavy atom. The molecule has 1 aromatic carbocycles. The molecule has 3 aromatic heterocycles. The van der Waals surface area contributed by atoms with E-state index in [2.05, 4.69) is 9.97 Å². The number of hydrogen-bond acceptors (Lipinski definition) is 4. The van der Waals surface area contributed by atoms with Crippen molar-refractivity contribution in [3.05, 3.63) is 82.6 Å². The van der Waals surface area contributed by atoms with Crippen LogP contribution in [0.25, 0.3) is 16.9 Å². The van der Waals surface area contributed by atoms with Gasteiger partial charge in [0.15, 0.2) is 0 Å². The maximum Gasteiger partial charge on any atom is 0.257 e. The quantitative estimate of drug-likeness (QED) is 0.459. The second-order valence-corrected chi connectivity index (χ2v) is 7.40. The van der Waals surface area contributed by atoms with Crippen molar-refractivity contribution in [1.29, 1.82) is 0 Å². The van der Waals surface area contributed by atoms with Crippen molar-refractivity contribution in [2.24, 2.45) is 0 Å². The maximum absolute atomic E-state index is 13.5. The first kappa shape index (κ1) is 18.6. The van der Waals surface area contributed by atoms with Gasteiger partial charge in [-0.15, -0.1) is 0 Å². The number of nitrogens with zero attached hydrogens (tertiary/aromatic N) is 4. The lowest BCUT2D eigenvalue weighted by Gasteiger charge is -2.16. The highest BCUT2D eigenvalue weighted by molar-refractivity contribution is 6.33. The molecule has 1 amide bonds. The summed E-state index contributed by atoms with van der Waals surface area (Å²) in [5, 5.41) is 0.177. The SMILES string of the molecule is COc1ccc(CN2Cc3c(-c4cnc5cc(F)ccn45)cnc(Cl)c3C2=O)cc1. The zero-order chi connectivity index (χ0) is 20.8. The molecule has 0 fully saturated rings. The van der Waals surface area contributed by atoms with Gasteiger partial charge in [0, 0.05) is 37.1 Å². The number of carbonyl (C=O) groups excluding carboxylic acids is 1. The van der Waals surface area contributed by atoms with Crippen molar-refractivity contribution in [2.75, 3.05) is 7.11 Å². The molecule has 150 valence electrons. The summed E-state index contributed by atoms with van der Waals surface area (Å²) >= 11 is 6.30. The van der Waals surface area contributed by atoms with Crippen LogP contribution in [0.4, 0.5) is 4.39 Å². The minimum Gasteiger partial charge on any atom is -0.497 e. The van der Waals surface area contributed by atoms with E-state index in [1.54, 1.807) is 35.0 Å². The van der Waals surface area contributed by atoms with Crippen LogP contribution in [0.5, 0.6) is 5.75 Å². The van der Waals surface area contributed by atoms with Gasteiger partial charge < -0.3 is 9.64 Å². The second kappa shape index (κ2) is 7.11. The smallest absolute Gasteiger partial charge is 0.257 e. The largest absolute Gasteiger partial charge is 0.497 e. The summed E-state index contributed by atoms with van der Waals surface area (Å²) in [4.78, 5) is 23.3. The first-order valence-electron chi connectivity index (χ1n) is 9.27. The van der Waals surface area contributed by atoms with Gasteiger partial charge in [0.2, 0.25) is 0 Å². The molecule has 0 saturated heterocycles. The lowest BCUT2D eigenvalue weighted by atomic mass is 10.0. The number of methoxy groups -OCH3 is 1. The number of rotatable bonds is 4. The molecule has 1 aliphatic heterocycles. The molecule has 0 spiro atoms. The Morgan fingerprint density at radius 1 is 1.17 bits per heavy atom. The lowest BCUT2D eigenvalue weighted by molar-refractivity contribution is 0.0766. The number of hydrogen-bond donors (Lipinski definition) is 0. The fraction of sp³-hybridized carbons (Fsp3) is 0.136. The van der Waals surface area contributed by atoms with E-state index in [0.717, 1.165) is 28.1 Å². The number of imidazole rings is 1. The van der Waals surface area contributed by atoms with E-state index in [1.165, 1.54) is 12.1 Å². The lowest BCUT2D eigenvalue weighted by Crippen LogP contribution is -2.23. The Labute approximate surface area is 176 Å². The summed E-state index contributed by atoms with van der Waals surface area (Å²) in [6, 6.07) is 10.3. The molecule has 0 N–H and O–H groups in total. The molecule has 0 saturated carbocycles. The topological polar surface area (TPSA) is 59.7 Å². The highest BCUT2D eigenvalue weighted by Gasteiger charge is 2.33. The Kier molecular flexibility index (Phi) is 4.40. The Balaban J connectivity index is 1.53. The Morgan fingerprint density at radius 2 is 1.97 bits per heavy atom. The molecule has 1 aliphatic rings. The van der Waals surface area contributed by atoms with Crippen LogP contribution in [-0.2, 0) is 13.1 Å². The predicted octanol–water partition coefficient (Wildman–Crippen LogP) is 4.35. The zero-order valence-electron chi connectivity index (χ0n) is 16.0.